The van der Waals surface area contributed by atoms with E-state index in [1.807, 2.05) is 0 Å². The Morgan fingerprint density at radius 2 is 1.00 bits per heavy atom. The molecule has 0 atom stereocenters. The fourth-order valence-electron chi connectivity index (χ4n) is 1.26. The molecule has 2 N–H and O–H groups in total. The van der Waals surface area contributed by atoms with Crippen molar-refractivity contribution in [1.82, 2.24) is 0 Å². The van der Waals surface area contributed by atoms with Gasteiger partial charge >= 0.3 is 0 Å². The van der Waals surface area contributed by atoms with E-state index in [9.17, 15) is 9.59 Å². The van der Waals surface area contributed by atoms with E-state index in [4.69, 9.17) is 10.8 Å². The zero-order chi connectivity index (χ0) is 11.5. The van der Waals surface area contributed by atoms with Crippen LogP contribution in [0.25, 0.3) is 0 Å². The third-order valence-electron chi connectivity index (χ3n) is 1.70. The van der Waals surface area contributed by atoms with Gasteiger partial charge in [0.2, 0.25) is 0 Å². The van der Waals surface area contributed by atoms with Crippen LogP contribution in [-0.2, 0) is 9.59 Å². The maximum atomic E-state index is 11.2. The van der Waals surface area contributed by atoms with Crippen molar-refractivity contribution in [1.29, 1.82) is 10.8 Å². The molecule has 0 aliphatic carbocycles. The highest BCUT2D eigenvalue weighted by molar-refractivity contribution is 6.32. The van der Waals surface area contributed by atoms with Gasteiger partial charge in [-0.3, -0.25) is 9.59 Å². The molecule has 0 bridgehead atoms. The molecule has 0 fully saturated rings. The summed E-state index contributed by atoms with van der Waals surface area (Å²) in [6.07, 6.45) is 0. The third-order valence-corrected chi connectivity index (χ3v) is 1.70. The van der Waals surface area contributed by atoms with Gasteiger partial charge in [0.1, 0.15) is 0 Å². The molecule has 0 unspecified atom stereocenters. The molecule has 14 heavy (non-hydrogen) atoms. The monoisotopic (exact) mass is 194 g/mol. The van der Waals surface area contributed by atoms with Crippen LogP contribution in [0.1, 0.15) is 27.7 Å². The first-order valence-electron chi connectivity index (χ1n) is 4.16. The van der Waals surface area contributed by atoms with Crippen molar-refractivity contribution in [2.75, 3.05) is 0 Å². The zero-order valence-electron chi connectivity index (χ0n) is 8.82. The Hall–Kier alpha value is -1.58. The summed E-state index contributed by atoms with van der Waals surface area (Å²) < 4.78 is 0. The lowest BCUT2D eigenvalue weighted by atomic mass is 9.95. The number of nitrogens with one attached hydrogen (secondary N) is 2. The van der Waals surface area contributed by atoms with Crippen LogP contribution in [0.15, 0.2) is 11.1 Å². The van der Waals surface area contributed by atoms with Crippen LogP contribution in [0, 0.1) is 10.8 Å². The lowest BCUT2D eigenvalue weighted by molar-refractivity contribution is -0.119. The molecule has 0 aliphatic heterocycles. The van der Waals surface area contributed by atoms with Gasteiger partial charge in [0, 0.05) is 17.0 Å². The summed E-state index contributed by atoms with van der Waals surface area (Å²) in [6, 6.07) is 0. The molecule has 76 valence electrons. The summed E-state index contributed by atoms with van der Waals surface area (Å²) in [4.78, 5) is 22.3. The summed E-state index contributed by atoms with van der Waals surface area (Å²) in [7, 11) is 0. The summed E-state index contributed by atoms with van der Waals surface area (Å²) >= 11 is 0. The number of rotatable bonds is 4. The Balaban J connectivity index is 5.76. The van der Waals surface area contributed by atoms with Gasteiger partial charge < -0.3 is 10.8 Å². The first-order valence-corrected chi connectivity index (χ1v) is 4.16. The number of allylic oxidation sites excluding steroid dienone is 2. The molecular weight excluding hydrogens is 180 g/mol. The molecule has 0 saturated heterocycles. The molecule has 0 rings (SSSR count). The largest absolute Gasteiger partial charge is 0.305 e. The van der Waals surface area contributed by atoms with Crippen molar-refractivity contribution in [2.45, 2.75) is 27.7 Å². The van der Waals surface area contributed by atoms with E-state index in [0.29, 0.717) is 0 Å². The lowest BCUT2D eigenvalue weighted by Gasteiger charge is -2.08. The average Bonchev–Trinajstić information content (AvgIpc) is 1.96. The predicted octanol–water partition coefficient (Wildman–Crippen LogP) is 1.54. The second-order valence-electron chi connectivity index (χ2n) is 3.11. The van der Waals surface area contributed by atoms with Gasteiger partial charge in [-0.25, -0.2) is 0 Å². The van der Waals surface area contributed by atoms with Crippen LogP contribution in [0.3, 0.4) is 0 Å². The van der Waals surface area contributed by atoms with E-state index in [1.165, 1.54) is 27.7 Å². The minimum Gasteiger partial charge on any atom is -0.305 e. The third kappa shape index (κ3) is 2.73. The first kappa shape index (κ1) is 12.4. The number of carbonyl (C=O) groups is 2. The summed E-state index contributed by atoms with van der Waals surface area (Å²) in [5.74, 6) is -0.795. The summed E-state index contributed by atoms with van der Waals surface area (Å²) in [5.41, 5.74) is 0.228. The van der Waals surface area contributed by atoms with E-state index in [0.717, 1.165) is 0 Å². The van der Waals surface area contributed by atoms with E-state index in [-0.39, 0.29) is 22.6 Å². The molecule has 0 aromatic carbocycles. The summed E-state index contributed by atoms with van der Waals surface area (Å²) in [6.45, 7) is 5.45. The van der Waals surface area contributed by atoms with E-state index in [2.05, 4.69) is 0 Å². The van der Waals surface area contributed by atoms with Crippen molar-refractivity contribution in [3.63, 3.8) is 0 Å². The number of ketones is 2. The number of hydrogen-bond acceptors (Lipinski definition) is 4. The highest BCUT2D eigenvalue weighted by Gasteiger charge is 2.18. The first-order chi connectivity index (χ1) is 6.29. The molecule has 0 aromatic rings. The van der Waals surface area contributed by atoms with Gasteiger partial charge in [-0.15, -0.1) is 0 Å². The average molecular weight is 194 g/mol. The zero-order valence-corrected chi connectivity index (χ0v) is 8.82. The molecule has 0 saturated carbocycles. The van der Waals surface area contributed by atoms with Crippen LogP contribution < -0.4 is 0 Å². The topological polar surface area (TPSA) is 81.8 Å². The van der Waals surface area contributed by atoms with Crippen molar-refractivity contribution >= 4 is 23.0 Å². The van der Waals surface area contributed by atoms with Crippen LogP contribution >= 0.6 is 0 Å². The minimum absolute atomic E-state index is 0.0509. The number of carbonyl (C=O) groups excluding carboxylic acids is 2. The molecular formula is C10H14N2O2. The standard InChI is InChI=1S/C10H14N2O2/c1-5(11)9(6(2)12)10(7(3)13)8(4)14/h11-12H,1-4H3. The molecule has 4 heteroatoms. The van der Waals surface area contributed by atoms with Gasteiger partial charge in [-0.1, -0.05) is 0 Å². The van der Waals surface area contributed by atoms with Crippen molar-refractivity contribution < 1.29 is 9.59 Å². The minimum atomic E-state index is -0.397. The fraction of sp³-hybridized carbons (Fsp3) is 0.400. The smallest absolute Gasteiger partial charge is 0.164 e. The summed E-state index contributed by atoms with van der Waals surface area (Å²) in [5, 5.41) is 14.8. The Labute approximate surface area is 83.0 Å². The molecule has 0 amide bonds. The SMILES string of the molecule is CC(=N)C(C(C)=N)=C(C(C)=O)C(C)=O. The molecule has 0 aromatic heterocycles. The molecule has 0 heterocycles. The van der Waals surface area contributed by atoms with E-state index < -0.39 is 11.6 Å². The molecule has 0 spiro atoms. The predicted molar refractivity (Wildman–Crippen MR) is 55.2 cm³/mol. The highest BCUT2D eigenvalue weighted by atomic mass is 16.1. The van der Waals surface area contributed by atoms with Crippen molar-refractivity contribution in [2.24, 2.45) is 0 Å². The normalized spacial score (nSPS) is 9.14. The van der Waals surface area contributed by atoms with E-state index >= 15 is 0 Å². The quantitative estimate of drug-likeness (QED) is 0.308. The maximum Gasteiger partial charge on any atom is 0.164 e. The molecule has 4 nitrogen and oxygen atoms in total. The fourth-order valence-corrected chi connectivity index (χ4v) is 1.26. The molecule has 0 radical (unpaired) electrons. The van der Waals surface area contributed by atoms with Gasteiger partial charge in [0.05, 0.1) is 5.57 Å². The van der Waals surface area contributed by atoms with Gasteiger partial charge in [-0.2, -0.15) is 0 Å². The Morgan fingerprint density at radius 1 is 0.714 bits per heavy atom. The van der Waals surface area contributed by atoms with Gasteiger partial charge in [0.15, 0.2) is 11.6 Å². The van der Waals surface area contributed by atoms with Gasteiger partial charge in [0.25, 0.3) is 0 Å². The van der Waals surface area contributed by atoms with Crippen molar-refractivity contribution in [3.05, 3.63) is 11.1 Å². The second-order valence-corrected chi connectivity index (χ2v) is 3.11. The van der Waals surface area contributed by atoms with Crippen molar-refractivity contribution in [3.8, 4) is 0 Å². The van der Waals surface area contributed by atoms with Crippen LogP contribution in [0.2, 0.25) is 0 Å². The van der Waals surface area contributed by atoms with Crippen LogP contribution in [0.4, 0.5) is 0 Å². The second kappa shape index (κ2) is 4.60. The number of Topliss-reactive ketones (excluding diaryl/α,β-unsaturated/α-hetero) is 2. The highest BCUT2D eigenvalue weighted by Crippen LogP contribution is 2.10. The Kier molecular flexibility index (Phi) is 4.08. The van der Waals surface area contributed by atoms with Crippen LogP contribution in [0.5, 0.6) is 0 Å². The molecule has 0 aliphatic rings. The Bertz CT molecular complexity index is 285. The van der Waals surface area contributed by atoms with E-state index in [1.54, 1.807) is 0 Å². The van der Waals surface area contributed by atoms with Crippen LogP contribution in [-0.4, -0.2) is 23.0 Å². The number of hydrogen-bond donors (Lipinski definition) is 2. The van der Waals surface area contributed by atoms with Gasteiger partial charge in [-0.05, 0) is 27.7 Å². The maximum absolute atomic E-state index is 11.2. The Morgan fingerprint density at radius 3 is 1.07 bits per heavy atom. The lowest BCUT2D eigenvalue weighted by Crippen LogP contribution is -2.17.